The van der Waals surface area contributed by atoms with Crippen molar-refractivity contribution < 1.29 is 28.5 Å². The minimum Gasteiger partial charge on any atom is -1.00 e. The zero-order valence-electron chi connectivity index (χ0n) is 11.0. The molecule has 19 heavy (non-hydrogen) atoms. The van der Waals surface area contributed by atoms with Gasteiger partial charge in [-0.25, -0.2) is 4.98 Å². The fraction of sp³-hybridized carbons (Fsp3) is 0.200. The first kappa shape index (κ1) is 14.0. The number of aryl methyl sites for hydroxylation is 2. The van der Waals surface area contributed by atoms with Gasteiger partial charge in [-0.3, -0.25) is 0 Å². The summed E-state index contributed by atoms with van der Waals surface area (Å²) >= 11 is 0. The maximum Gasteiger partial charge on any atom is 0.205 e. The molecular weight excluding hydrogens is 349 g/mol. The number of pyridine rings is 1. The molecule has 3 nitrogen and oxygen atoms in total. The average Bonchev–Trinajstić information content (AvgIpc) is 2.72. The molecule has 0 saturated heterocycles. The molecule has 0 unspecified atom stereocenters. The van der Waals surface area contributed by atoms with Crippen molar-refractivity contribution in [2.24, 2.45) is 0 Å². The fourth-order valence-corrected chi connectivity index (χ4v) is 2.11. The standard InChI is InChI=1S/C15H16N3.HI/c1-11-8-13-14(9-12(11)2)17-15(16-13)10-18-6-4-3-5-7-18;/h3-9H,10H2,1-2H3,(H,16,17);1H/q+1;/p-1. The summed E-state index contributed by atoms with van der Waals surface area (Å²) in [4.78, 5) is 8.01. The number of imidazole rings is 1. The molecule has 0 bridgehead atoms. The molecule has 0 aliphatic heterocycles. The van der Waals surface area contributed by atoms with Crippen LogP contribution in [0.4, 0.5) is 0 Å². The third-order valence-electron chi connectivity index (χ3n) is 3.26. The Bertz CT molecular complexity index is 650. The molecule has 0 spiro atoms. The van der Waals surface area contributed by atoms with Crippen molar-refractivity contribution in [3.05, 3.63) is 59.7 Å². The number of aromatic nitrogens is 3. The van der Waals surface area contributed by atoms with Gasteiger partial charge >= 0.3 is 0 Å². The molecule has 4 heteroatoms. The molecule has 0 saturated carbocycles. The van der Waals surface area contributed by atoms with E-state index in [1.165, 1.54) is 11.1 Å². The first-order valence-electron chi connectivity index (χ1n) is 6.12. The molecule has 0 aliphatic rings. The summed E-state index contributed by atoms with van der Waals surface area (Å²) in [7, 11) is 0. The van der Waals surface area contributed by atoms with E-state index in [0.717, 1.165) is 23.4 Å². The molecule has 0 aliphatic carbocycles. The highest BCUT2D eigenvalue weighted by Crippen LogP contribution is 2.17. The Morgan fingerprint density at radius 2 is 1.74 bits per heavy atom. The Kier molecular flexibility index (Phi) is 4.19. The van der Waals surface area contributed by atoms with Crippen LogP contribution in [-0.4, -0.2) is 9.97 Å². The summed E-state index contributed by atoms with van der Waals surface area (Å²) in [6.07, 6.45) is 4.09. The molecule has 0 radical (unpaired) electrons. The minimum absolute atomic E-state index is 0. The third-order valence-corrected chi connectivity index (χ3v) is 3.26. The van der Waals surface area contributed by atoms with Crippen LogP contribution in [0.1, 0.15) is 17.0 Å². The van der Waals surface area contributed by atoms with Gasteiger partial charge in [-0.2, -0.15) is 4.57 Å². The summed E-state index contributed by atoms with van der Waals surface area (Å²) in [5, 5.41) is 0. The van der Waals surface area contributed by atoms with E-state index in [-0.39, 0.29) is 24.0 Å². The van der Waals surface area contributed by atoms with Crippen LogP contribution < -0.4 is 28.5 Å². The van der Waals surface area contributed by atoms with Gasteiger partial charge in [0.2, 0.25) is 6.54 Å². The summed E-state index contributed by atoms with van der Waals surface area (Å²) in [5.41, 5.74) is 4.74. The van der Waals surface area contributed by atoms with Crippen molar-refractivity contribution in [3.63, 3.8) is 0 Å². The second kappa shape index (κ2) is 5.69. The second-order valence-corrected chi connectivity index (χ2v) is 4.68. The Morgan fingerprint density at radius 3 is 2.47 bits per heavy atom. The van der Waals surface area contributed by atoms with Crippen LogP contribution in [0.25, 0.3) is 11.0 Å². The molecular formula is C15H16IN3. The van der Waals surface area contributed by atoms with Crippen LogP contribution in [0.5, 0.6) is 0 Å². The number of nitrogens with zero attached hydrogens (tertiary/aromatic N) is 2. The van der Waals surface area contributed by atoms with Gasteiger partial charge < -0.3 is 29.0 Å². The van der Waals surface area contributed by atoms with Crippen molar-refractivity contribution in [2.45, 2.75) is 20.4 Å². The summed E-state index contributed by atoms with van der Waals surface area (Å²) < 4.78 is 2.11. The molecule has 0 atom stereocenters. The van der Waals surface area contributed by atoms with Gasteiger partial charge in [0.1, 0.15) is 0 Å². The van der Waals surface area contributed by atoms with Gasteiger partial charge in [-0.15, -0.1) is 0 Å². The molecule has 0 fully saturated rings. The topological polar surface area (TPSA) is 32.6 Å². The lowest BCUT2D eigenvalue weighted by molar-refractivity contribution is -0.689. The fourth-order valence-electron chi connectivity index (χ4n) is 2.11. The van der Waals surface area contributed by atoms with Crippen LogP contribution in [0.3, 0.4) is 0 Å². The van der Waals surface area contributed by atoms with Crippen LogP contribution in [0.15, 0.2) is 42.7 Å². The van der Waals surface area contributed by atoms with Gasteiger partial charge in [0.15, 0.2) is 18.2 Å². The number of fused-ring (bicyclic) bond motifs is 1. The van der Waals surface area contributed by atoms with E-state index in [1.54, 1.807) is 0 Å². The third kappa shape index (κ3) is 2.94. The molecule has 98 valence electrons. The van der Waals surface area contributed by atoms with Crippen molar-refractivity contribution in [2.75, 3.05) is 0 Å². The van der Waals surface area contributed by atoms with E-state index in [4.69, 9.17) is 0 Å². The van der Waals surface area contributed by atoms with Gasteiger partial charge in [0.25, 0.3) is 0 Å². The average molecular weight is 365 g/mol. The Balaban J connectivity index is 0.00000133. The van der Waals surface area contributed by atoms with Crippen molar-refractivity contribution in [3.8, 4) is 0 Å². The zero-order valence-corrected chi connectivity index (χ0v) is 13.2. The largest absolute Gasteiger partial charge is 1.00 e. The number of hydrogen-bond donors (Lipinski definition) is 1. The predicted molar refractivity (Wildman–Crippen MR) is 71.3 cm³/mol. The van der Waals surface area contributed by atoms with E-state index in [0.29, 0.717) is 0 Å². The number of H-pyrrole nitrogens is 1. The minimum atomic E-state index is 0. The van der Waals surface area contributed by atoms with Crippen molar-refractivity contribution in [1.82, 2.24) is 9.97 Å². The Morgan fingerprint density at radius 1 is 1.05 bits per heavy atom. The van der Waals surface area contributed by atoms with E-state index in [1.807, 2.05) is 30.6 Å². The highest BCUT2D eigenvalue weighted by atomic mass is 127. The smallest absolute Gasteiger partial charge is 0.205 e. The van der Waals surface area contributed by atoms with Gasteiger partial charge in [-0.1, -0.05) is 6.07 Å². The van der Waals surface area contributed by atoms with E-state index >= 15 is 0 Å². The van der Waals surface area contributed by atoms with Crippen LogP contribution in [-0.2, 0) is 6.54 Å². The van der Waals surface area contributed by atoms with E-state index in [9.17, 15) is 0 Å². The highest BCUT2D eigenvalue weighted by molar-refractivity contribution is 5.77. The molecule has 1 aromatic carbocycles. The first-order valence-corrected chi connectivity index (χ1v) is 6.12. The zero-order chi connectivity index (χ0) is 12.5. The number of benzene rings is 1. The van der Waals surface area contributed by atoms with Crippen molar-refractivity contribution in [1.29, 1.82) is 0 Å². The maximum absolute atomic E-state index is 4.63. The van der Waals surface area contributed by atoms with Crippen LogP contribution in [0.2, 0.25) is 0 Å². The van der Waals surface area contributed by atoms with Crippen LogP contribution >= 0.6 is 0 Å². The molecule has 2 heterocycles. The number of halogens is 1. The van der Waals surface area contributed by atoms with Crippen molar-refractivity contribution >= 4 is 11.0 Å². The molecule has 2 aromatic heterocycles. The number of hydrogen-bond acceptors (Lipinski definition) is 1. The first-order chi connectivity index (χ1) is 8.72. The van der Waals surface area contributed by atoms with Crippen LogP contribution in [0, 0.1) is 13.8 Å². The lowest BCUT2D eigenvalue weighted by atomic mass is 10.1. The van der Waals surface area contributed by atoms with Gasteiger partial charge in [0.05, 0.1) is 11.0 Å². The quantitative estimate of drug-likeness (QED) is 0.483. The van der Waals surface area contributed by atoms with E-state index < -0.39 is 0 Å². The normalized spacial score (nSPS) is 10.4. The summed E-state index contributed by atoms with van der Waals surface area (Å²) in [5.74, 6) is 0.992. The molecule has 3 aromatic rings. The van der Waals surface area contributed by atoms with Gasteiger partial charge in [0, 0.05) is 12.1 Å². The summed E-state index contributed by atoms with van der Waals surface area (Å²) in [6, 6.07) is 10.4. The number of rotatable bonds is 2. The SMILES string of the molecule is Cc1cc2nc(C[n+]3ccccc3)[nH]c2cc1C.[I-]. The lowest BCUT2D eigenvalue weighted by Gasteiger charge is -1.97. The molecule has 1 N–H and O–H groups in total. The second-order valence-electron chi connectivity index (χ2n) is 4.68. The maximum atomic E-state index is 4.63. The highest BCUT2D eigenvalue weighted by Gasteiger charge is 2.08. The molecule has 3 rings (SSSR count). The predicted octanol–water partition coefficient (Wildman–Crippen LogP) is -0.480. The summed E-state index contributed by atoms with van der Waals surface area (Å²) in [6.45, 7) is 5.02. The Hall–Kier alpha value is -1.43. The van der Waals surface area contributed by atoms with E-state index in [2.05, 4.69) is 40.5 Å². The Labute approximate surface area is 129 Å². The molecule has 0 amide bonds. The van der Waals surface area contributed by atoms with Gasteiger partial charge in [-0.05, 0) is 37.1 Å². The lowest BCUT2D eigenvalue weighted by Crippen LogP contribution is -3.00. The number of nitrogens with one attached hydrogen (secondary N) is 1. The number of aromatic amines is 1. The monoisotopic (exact) mass is 365 g/mol.